The first kappa shape index (κ1) is 18.0. The number of hydrogen-bond acceptors (Lipinski definition) is 4. The summed E-state index contributed by atoms with van der Waals surface area (Å²) in [6.45, 7) is 6.42. The number of amides is 2. The van der Waals surface area contributed by atoms with E-state index in [-0.39, 0.29) is 12.6 Å². The third-order valence-corrected chi connectivity index (χ3v) is 3.95. The SMILES string of the molecule is COCCOC(=O)C1=C(C)NC(=O)N[C@@H]1c1ccc(C(C)C)cc1. The Bertz CT molecular complexity index is 635. The topological polar surface area (TPSA) is 76.7 Å². The fourth-order valence-corrected chi connectivity index (χ4v) is 2.58. The Hall–Kier alpha value is -2.34. The van der Waals surface area contributed by atoms with Gasteiger partial charge in [-0.1, -0.05) is 38.1 Å². The van der Waals surface area contributed by atoms with Crippen LogP contribution in [-0.2, 0) is 14.3 Å². The van der Waals surface area contributed by atoms with Gasteiger partial charge in [-0.05, 0) is 24.0 Å². The molecule has 0 fully saturated rings. The van der Waals surface area contributed by atoms with E-state index >= 15 is 0 Å². The zero-order chi connectivity index (χ0) is 17.7. The molecule has 130 valence electrons. The van der Waals surface area contributed by atoms with E-state index in [1.54, 1.807) is 14.0 Å². The number of carbonyl (C=O) groups excluding carboxylic acids is 2. The molecule has 0 spiro atoms. The quantitative estimate of drug-likeness (QED) is 0.620. The Morgan fingerprint density at radius 1 is 1.21 bits per heavy atom. The minimum atomic E-state index is -0.532. The van der Waals surface area contributed by atoms with E-state index in [0.29, 0.717) is 23.8 Å². The number of urea groups is 1. The maximum Gasteiger partial charge on any atom is 0.338 e. The molecule has 0 saturated heterocycles. The van der Waals surface area contributed by atoms with Crippen LogP contribution in [0.4, 0.5) is 4.79 Å². The summed E-state index contributed by atoms with van der Waals surface area (Å²) in [6.07, 6.45) is 0. The van der Waals surface area contributed by atoms with Gasteiger partial charge < -0.3 is 20.1 Å². The molecule has 1 aliphatic rings. The van der Waals surface area contributed by atoms with E-state index in [2.05, 4.69) is 24.5 Å². The molecule has 0 radical (unpaired) electrons. The van der Waals surface area contributed by atoms with Crippen molar-refractivity contribution in [1.29, 1.82) is 0 Å². The third-order valence-electron chi connectivity index (χ3n) is 3.95. The molecule has 6 nitrogen and oxygen atoms in total. The summed E-state index contributed by atoms with van der Waals surface area (Å²) >= 11 is 0. The normalized spacial score (nSPS) is 17.5. The molecule has 1 heterocycles. The van der Waals surface area contributed by atoms with E-state index < -0.39 is 12.0 Å². The summed E-state index contributed by atoms with van der Waals surface area (Å²) in [5, 5.41) is 5.42. The van der Waals surface area contributed by atoms with Crippen molar-refractivity contribution in [3.05, 3.63) is 46.7 Å². The van der Waals surface area contributed by atoms with Crippen LogP contribution in [-0.4, -0.2) is 32.3 Å². The third kappa shape index (κ3) is 4.14. The Balaban J connectivity index is 2.28. The van der Waals surface area contributed by atoms with Crippen molar-refractivity contribution >= 4 is 12.0 Å². The number of rotatable bonds is 6. The molecule has 1 aliphatic heterocycles. The van der Waals surface area contributed by atoms with Gasteiger partial charge in [-0.25, -0.2) is 9.59 Å². The highest BCUT2D eigenvalue weighted by Gasteiger charge is 2.32. The molecule has 2 N–H and O–H groups in total. The minimum Gasteiger partial charge on any atom is -0.460 e. The number of allylic oxidation sites excluding steroid dienone is 1. The monoisotopic (exact) mass is 332 g/mol. The van der Waals surface area contributed by atoms with Gasteiger partial charge in [-0.2, -0.15) is 0 Å². The first-order valence-electron chi connectivity index (χ1n) is 7.98. The number of ether oxygens (including phenoxy) is 2. The smallest absolute Gasteiger partial charge is 0.338 e. The zero-order valence-electron chi connectivity index (χ0n) is 14.5. The number of hydrogen-bond donors (Lipinski definition) is 2. The molecular weight excluding hydrogens is 308 g/mol. The molecule has 0 aromatic heterocycles. The highest BCUT2D eigenvalue weighted by atomic mass is 16.6. The lowest BCUT2D eigenvalue weighted by Gasteiger charge is -2.28. The van der Waals surface area contributed by atoms with Crippen LogP contribution >= 0.6 is 0 Å². The molecule has 1 atom stereocenters. The summed E-state index contributed by atoms with van der Waals surface area (Å²) in [4.78, 5) is 24.3. The number of benzene rings is 1. The van der Waals surface area contributed by atoms with Gasteiger partial charge in [0.25, 0.3) is 0 Å². The van der Waals surface area contributed by atoms with Crippen LogP contribution in [0.25, 0.3) is 0 Å². The van der Waals surface area contributed by atoms with Crippen LogP contribution in [0.2, 0.25) is 0 Å². The highest BCUT2D eigenvalue weighted by molar-refractivity contribution is 5.95. The number of esters is 1. The molecule has 0 bridgehead atoms. The lowest BCUT2D eigenvalue weighted by molar-refractivity contribution is -0.140. The standard InChI is InChI=1S/C18H24N2O4/c1-11(2)13-5-7-14(8-6-13)16-15(12(3)19-18(22)20-16)17(21)24-10-9-23-4/h5-8,11,16H,9-10H2,1-4H3,(H2,19,20,22)/t16-/m1/s1. The maximum absolute atomic E-state index is 12.4. The molecule has 2 rings (SSSR count). The Kier molecular flexibility index (Phi) is 5.98. The van der Waals surface area contributed by atoms with E-state index in [1.807, 2.05) is 24.3 Å². The first-order chi connectivity index (χ1) is 11.4. The van der Waals surface area contributed by atoms with Gasteiger partial charge in [0.15, 0.2) is 0 Å². The van der Waals surface area contributed by atoms with Crippen molar-refractivity contribution in [2.24, 2.45) is 0 Å². The van der Waals surface area contributed by atoms with Crippen molar-refractivity contribution in [3.8, 4) is 0 Å². The van der Waals surface area contributed by atoms with Gasteiger partial charge in [0.2, 0.25) is 0 Å². The van der Waals surface area contributed by atoms with Gasteiger partial charge in [0.05, 0.1) is 18.2 Å². The molecule has 6 heteroatoms. The Morgan fingerprint density at radius 3 is 2.46 bits per heavy atom. The summed E-state index contributed by atoms with van der Waals surface area (Å²) in [6, 6.07) is 7.02. The number of nitrogens with one attached hydrogen (secondary N) is 2. The second-order valence-corrected chi connectivity index (χ2v) is 6.02. The highest BCUT2D eigenvalue weighted by Crippen LogP contribution is 2.28. The molecule has 1 aromatic rings. The lowest BCUT2D eigenvalue weighted by atomic mass is 9.93. The van der Waals surface area contributed by atoms with Crippen molar-refractivity contribution in [3.63, 3.8) is 0 Å². The largest absolute Gasteiger partial charge is 0.460 e. The van der Waals surface area contributed by atoms with Crippen molar-refractivity contribution in [2.45, 2.75) is 32.7 Å². The van der Waals surface area contributed by atoms with E-state index in [4.69, 9.17) is 9.47 Å². The first-order valence-corrected chi connectivity index (χ1v) is 7.98. The van der Waals surface area contributed by atoms with Crippen molar-refractivity contribution in [2.75, 3.05) is 20.3 Å². The molecule has 2 amide bonds. The number of methoxy groups -OCH3 is 1. The Morgan fingerprint density at radius 2 is 1.88 bits per heavy atom. The summed E-state index contributed by atoms with van der Waals surface area (Å²) in [7, 11) is 1.54. The van der Waals surface area contributed by atoms with Gasteiger partial charge in [0, 0.05) is 12.8 Å². The summed E-state index contributed by atoms with van der Waals surface area (Å²) < 4.78 is 10.1. The Labute approximate surface area is 142 Å². The van der Waals surface area contributed by atoms with Gasteiger partial charge in [0.1, 0.15) is 6.61 Å². The van der Waals surface area contributed by atoms with Crippen molar-refractivity contribution in [1.82, 2.24) is 10.6 Å². The molecule has 0 saturated carbocycles. The molecular formula is C18H24N2O4. The average Bonchev–Trinajstić information content (AvgIpc) is 2.54. The maximum atomic E-state index is 12.4. The fraction of sp³-hybridized carbons (Fsp3) is 0.444. The predicted molar refractivity (Wildman–Crippen MR) is 90.5 cm³/mol. The van der Waals surface area contributed by atoms with E-state index in [1.165, 1.54) is 5.56 Å². The van der Waals surface area contributed by atoms with Gasteiger partial charge >= 0.3 is 12.0 Å². The summed E-state index contributed by atoms with van der Waals surface area (Å²) in [5.74, 6) is -0.0487. The lowest BCUT2D eigenvalue weighted by Crippen LogP contribution is -2.45. The van der Waals surface area contributed by atoms with Crippen LogP contribution in [0.15, 0.2) is 35.5 Å². The van der Waals surface area contributed by atoms with Crippen LogP contribution in [0, 0.1) is 0 Å². The van der Waals surface area contributed by atoms with Crippen LogP contribution < -0.4 is 10.6 Å². The molecule has 1 aromatic carbocycles. The molecule has 0 unspecified atom stereocenters. The van der Waals surface area contributed by atoms with E-state index in [9.17, 15) is 9.59 Å². The van der Waals surface area contributed by atoms with Crippen LogP contribution in [0.1, 0.15) is 43.9 Å². The second kappa shape index (κ2) is 7.97. The van der Waals surface area contributed by atoms with Crippen molar-refractivity contribution < 1.29 is 19.1 Å². The second-order valence-electron chi connectivity index (χ2n) is 6.02. The minimum absolute atomic E-state index is 0.166. The van der Waals surface area contributed by atoms with Crippen LogP contribution in [0.5, 0.6) is 0 Å². The zero-order valence-corrected chi connectivity index (χ0v) is 14.5. The predicted octanol–water partition coefficient (Wildman–Crippen LogP) is 2.63. The van der Waals surface area contributed by atoms with Gasteiger partial charge in [-0.15, -0.1) is 0 Å². The number of carbonyl (C=O) groups is 2. The van der Waals surface area contributed by atoms with Crippen LogP contribution in [0.3, 0.4) is 0 Å². The average molecular weight is 332 g/mol. The fourth-order valence-electron chi connectivity index (χ4n) is 2.58. The molecule has 24 heavy (non-hydrogen) atoms. The molecule has 0 aliphatic carbocycles. The van der Waals surface area contributed by atoms with E-state index in [0.717, 1.165) is 5.56 Å². The summed E-state index contributed by atoms with van der Waals surface area (Å²) in [5.41, 5.74) is 2.94. The van der Waals surface area contributed by atoms with Gasteiger partial charge in [-0.3, -0.25) is 0 Å².